The minimum Gasteiger partial charge on any atom is -0.335 e. The van der Waals surface area contributed by atoms with Crippen LogP contribution in [0.25, 0.3) is 0 Å². The van der Waals surface area contributed by atoms with Crippen molar-refractivity contribution in [1.82, 2.24) is 20.0 Å². The maximum Gasteiger partial charge on any atom is 0.110 e. The molecule has 0 bridgehead atoms. The Labute approximate surface area is 107 Å². The summed E-state index contributed by atoms with van der Waals surface area (Å²) >= 11 is 0. The Hall–Kier alpha value is -1.72. The lowest BCUT2D eigenvalue weighted by Gasteiger charge is -2.16. The van der Waals surface area contributed by atoms with Crippen molar-refractivity contribution < 1.29 is 0 Å². The van der Waals surface area contributed by atoms with Gasteiger partial charge in [-0.25, -0.2) is 4.98 Å². The second-order valence-electron chi connectivity index (χ2n) is 4.26. The molecule has 0 aliphatic heterocycles. The van der Waals surface area contributed by atoms with Crippen molar-refractivity contribution in [2.45, 2.75) is 32.4 Å². The number of imidazole rings is 1. The fourth-order valence-electron chi connectivity index (χ4n) is 2.03. The van der Waals surface area contributed by atoms with E-state index in [1.54, 1.807) is 12.4 Å². The lowest BCUT2D eigenvalue weighted by Crippen LogP contribution is -2.39. The van der Waals surface area contributed by atoms with Crippen molar-refractivity contribution in [2.75, 3.05) is 0 Å². The van der Waals surface area contributed by atoms with Crippen LogP contribution < -0.4 is 11.3 Å². The van der Waals surface area contributed by atoms with Crippen molar-refractivity contribution in [2.24, 2.45) is 5.84 Å². The number of pyridine rings is 1. The first-order chi connectivity index (χ1) is 8.83. The van der Waals surface area contributed by atoms with Gasteiger partial charge in [-0.05, 0) is 31.0 Å². The van der Waals surface area contributed by atoms with Crippen LogP contribution >= 0.6 is 0 Å². The maximum absolute atomic E-state index is 5.63. The van der Waals surface area contributed by atoms with Crippen LogP contribution in [0, 0.1) is 0 Å². The molecule has 2 rings (SSSR count). The van der Waals surface area contributed by atoms with Gasteiger partial charge >= 0.3 is 0 Å². The monoisotopic (exact) mass is 245 g/mol. The molecular weight excluding hydrogens is 226 g/mol. The summed E-state index contributed by atoms with van der Waals surface area (Å²) in [6.07, 6.45) is 9.12. The van der Waals surface area contributed by atoms with Gasteiger partial charge in [0, 0.05) is 43.8 Å². The van der Waals surface area contributed by atoms with Crippen molar-refractivity contribution in [3.8, 4) is 0 Å². The van der Waals surface area contributed by atoms with Gasteiger partial charge in [-0.1, -0.05) is 0 Å². The molecule has 18 heavy (non-hydrogen) atoms. The second kappa shape index (κ2) is 6.28. The predicted molar refractivity (Wildman–Crippen MR) is 70.7 cm³/mol. The molecule has 0 fully saturated rings. The van der Waals surface area contributed by atoms with Gasteiger partial charge in [0.05, 0.1) is 0 Å². The Morgan fingerprint density at radius 3 is 2.72 bits per heavy atom. The fraction of sp³-hybridized carbons (Fsp3) is 0.385. The summed E-state index contributed by atoms with van der Waals surface area (Å²) in [6, 6.07) is 4.20. The van der Waals surface area contributed by atoms with Crippen molar-refractivity contribution in [3.05, 3.63) is 48.3 Å². The van der Waals surface area contributed by atoms with Gasteiger partial charge in [0.1, 0.15) is 5.82 Å². The minimum absolute atomic E-state index is 0.181. The number of hydrogen-bond acceptors (Lipinski definition) is 4. The Morgan fingerprint density at radius 1 is 1.28 bits per heavy atom. The van der Waals surface area contributed by atoms with E-state index in [2.05, 4.69) is 26.9 Å². The molecule has 0 aliphatic carbocycles. The minimum atomic E-state index is 0.181. The molecule has 0 spiro atoms. The van der Waals surface area contributed by atoms with Gasteiger partial charge < -0.3 is 4.57 Å². The molecule has 2 aromatic rings. The lowest BCUT2D eigenvalue weighted by atomic mass is 10.0. The Balaban J connectivity index is 2.02. The van der Waals surface area contributed by atoms with Crippen molar-refractivity contribution >= 4 is 0 Å². The highest BCUT2D eigenvalue weighted by atomic mass is 15.2. The van der Waals surface area contributed by atoms with Gasteiger partial charge in [-0.2, -0.15) is 0 Å². The Bertz CT molecular complexity index is 465. The number of nitrogens with two attached hydrogens (primary N) is 1. The molecule has 0 aliphatic rings. The number of hydrazine groups is 1. The summed E-state index contributed by atoms with van der Waals surface area (Å²) in [5.74, 6) is 6.69. The average molecular weight is 245 g/mol. The van der Waals surface area contributed by atoms with Crippen molar-refractivity contribution in [1.29, 1.82) is 0 Å². The third kappa shape index (κ3) is 3.15. The predicted octanol–water partition coefficient (Wildman–Crippen LogP) is 0.915. The number of aryl methyl sites for hydroxylation is 1. The van der Waals surface area contributed by atoms with E-state index in [0.717, 1.165) is 25.2 Å². The molecule has 1 unspecified atom stereocenters. The van der Waals surface area contributed by atoms with E-state index < -0.39 is 0 Å². The summed E-state index contributed by atoms with van der Waals surface area (Å²) < 4.78 is 2.14. The molecule has 5 nitrogen and oxygen atoms in total. The van der Waals surface area contributed by atoms with Crippen LogP contribution in [0.4, 0.5) is 0 Å². The number of nitrogens with zero attached hydrogens (tertiary/aromatic N) is 3. The van der Waals surface area contributed by atoms with Gasteiger partial charge in [-0.15, -0.1) is 0 Å². The summed E-state index contributed by atoms with van der Waals surface area (Å²) in [7, 11) is 0. The Morgan fingerprint density at radius 2 is 2.06 bits per heavy atom. The molecule has 3 N–H and O–H groups in total. The molecular formula is C13H19N5. The number of nitrogens with one attached hydrogen (secondary N) is 1. The van der Waals surface area contributed by atoms with Crippen molar-refractivity contribution in [3.63, 3.8) is 0 Å². The molecule has 2 heterocycles. The van der Waals surface area contributed by atoms with Crippen LogP contribution in [0.5, 0.6) is 0 Å². The SMILES string of the molecule is CCn1ccnc1CC(Cc1ccncc1)NN. The second-order valence-corrected chi connectivity index (χ2v) is 4.26. The van der Waals surface area contributed by atoms with Crippen LogP contribution in [-0.4, -0.2) is 20.6 Å². The molecule has 0 saturated heterocycles. The molecule has 1 atom stereocenters. The third-order valence-corrected chi connectivity index (χ3v) is 3.04. The number of hydrogen-bond donors (Lipinski definition) is 2. The third-order valence-electron chi connectivity index (χ3n) is 3.04. The normalized spacial score (nSPS) is 12.6. The summed E-state index contributed by atoms with van der Waals surface area (Å²) in [5.41, 5.74) is 4.09. The zero-order chi connectivity index (χ0) is 12.8. The van der Waals surface area contributed by atoms with E-state index in [-0.39, 0.29) is 6.04 Å². The zero-order valence-corrected chi connectivity index (χ0v) is 10.6. The van der Waals surface area contributed by atoms with E-state index in [4.69, 9.17) is 5.84 Å². The standard InChI is InChI=1S/C13H19N5/c1-2-18-8-7-16-13(18)10-12(17-14)9-11-3-5-15-6-4-11/h3-8,12,17H,2,9-10,14H2,1H3. The molecule has 0 radical (unpaired) electrons. The summed E-state index contributed by atoms with van der Waals surface area (Å²) in [6.45, 7) is 3.04. The molecule has 96 valence electrons. The summed E-state index contributed by atoms with van der Waals surface area (Å²) in [5, 5.41) is 0. The van der Waals surface area contributed by atoms with E-state index in [1.807, 2.05) is 24.5 Å². The highest BCUT2D eigenvalue weighted by molar-refractivity contribution is 5.12. The van der Waals surface area contributed by atoms with Crippen LogP contribution in [0.3, 0.4) is 0 Å². The highest BCUT2D eigenvalue weighted by Gasteiger charge is 2.12. The zero-order valence-electron chi connectivity index (χ0n) is 10.6. The smallest absolute Gasteiger partial charge is 0.110 e. The average Bonchev–Trinajstić information content (AvgIpc) is 2.86. The molecule has 5 heteroatoms. The highest BCUT2D eigenvalue weighted by Crippen LogP contribution is 2.07. The number of aromatic nitrogens is 3. The topological polar surface area (TPSA) is 68.8 Å². The van der Waals surface area contributed by atoms with E-state index in [9.17, 15) is 0 Å². The first kappa shape index (κ1) is 12.7. The largest absolute Gasteiger partial charge is 0.335 e. The summed E-state index contributed by atoms with van der Waals surface area (Å²) in [4.78, 5) is 8.38. The van der Waals surface area contributed by atoms with Crippen LogP contribution in [0.15, 0.2) is 36.9 Å². The lowest BCUT2D eigenvalue weighted by molar-refractivity contribution is 0.499. The molecule has 0 saturated carbocycles. The van der Waals surface area contributed by atoms with Gasteiger partial charge in [0.25, 0.3) is 0 Å². The van der Waals surface area contributed by atoms with Crippen LogP contribution in [0.1, 0.15) is 18.3 Å². The van der Waals surface area contributed by atoms with Crippen LogP contribution in [0.2, 0.25) is 0 Å². The quantitative estimate of drug-likeness (QED) is 0.586. The maximum atomic E-state index is 5.63. The molecule has 0 aromatic carbocycles. The first-order valence-electron chi connectivity index (χ1n) is 6.18. The number of rotatable bonds is 6. The van der Waals surface area contributed by atoms with E-state index >= 15 is 0 Å². The Kier molecular flexibility index (Phi) is 4.44. The van der Waals surface area contributed by atoms with Gasteiger partial charge in [0.15, 0.2) is 0 Å². The van der Waals surface area contributed by atoms with Gasteiger partial charge in [-0.3, -0.25) is 16.3 Å². The van der Waals surface area contributed by atoms with Crippen LogP contribution in [-0.2, 0) is 19.4 Å². The molecule has 0 amide bonds. The first-order valence-corrected chi connectivity index (χ1v) is 6.18. The van der Waals surface area contributed by atoms with E-state index in [0.29, 0.717) is 0 Å². The molecule has 2 aromatic heterocycles. The van der Waals surface area contributed by atoms with E-state index in [1.165, 1.54) is 5.56 Å². The van der Waals surface area contributed by atoms with Gasteiger partial charge in [0.2, 0.25) is 0 Å². The fourth-order valence-corrected chi connectivity index (χ4v) is 2.03.